The van der Waals surface area contributed by atoms with Gasteiger partial charge in [-0.2, -0.15) is 0 Å². The van der Waals surface area contributed by atoms with E-state index >= 15 is 0 Å². The second-order valence-electron chi connectivity index (χ2n) is 7.69. The zero-order chi connectivity index (χ0) is 12.2. The summed E-state index contributed by atoms with van der Waals surface area (Å²) in [6.07, 6.45) is 7.75. The van der Waals surface area contributed by atoms with Crippen molar-refractivity contribution in [1.29, 1.82) is 0 Å². The van der Waals surface area contributed by atoms with Crippen LogP contribution >= 0.6 is 0 Å². The molecule has 0 amide bonds. The van der Waals surface area contributed by atoms with Gasteiger partial charge in [0, 0.05) is 0 Å². The molecular formula is C16H28O. The van der Waals surface area contributed by atoms with Crippen LogP contribution in [0, 0.1) is 35.0 Å². The molecule has 0 heterocycles. The van der Waals surface area contributed by atoms with Crippen LogP contribution in [0.15, 0.2) is 0 Å². The lowest BCUT2D eigenvalue weighted by atomic mass is 9.62. The Morgan fingerprint density at radius 3 is 2.29 bits per heavy atom. The van der Waals surface area contributed by atoms with Crippen molar-refractivity contribution in [1.82, 2.24) is 0 Å². The minimum absolute atomic E-state index is 0.0104. The zero-order valence-corrected chi connectivity index (χ0v) is 11.7. The Labute approximate surface area is 106 Å². The topological polar surface area (TPSA) is 20.2 Å². The molecule has 1 N–H and O–H groups in total. The highest BCUT2D eigenvalue weighted by Gasteiger charge is 2.56. The molecule has 17 heavy (non-hydrogen) atoms. The Balaban J connectivity index is 1.72. The van der Waals surface area contributed by atoms with Gasteiger partial charge in [-0.3, -0.25) is 0 Å². The van der Waals surface area contributed by atoms with Gasteiger partial charge in [0.2, 0.25) is 0 Å². The van der Waals surface area contributed by atoms with Crippen LogP contribution in [0.2, 0.25) is 0 Å². The third-order valence-corrected chi connectivity index (χ3v) is 6.82. The van der Waals surface area contributed by atoms with E-state index in [-0.39, 0.29) is 6.10 Å². The van der Waals surface area contributed by atoms with E-state index in [1.165, 1.54) is 25.7 Å². The maximum atomic E-state index is 9.88. The minimum Gasteiger partial charge on any atom is -0.393 e. The molecule has 0 aromatic rings. The van der Waals surface area contributed by atoms with E-state index in [4.69, 9.17) is 0 Å². The number of fused-ring (bicyclic) bond motifs is 2. The molecule has 2 bridgehead atoms. The molecule has 0 radical (unpaired) electrons. The van der Waals surface area contributed by atoms with Crippen molar-refractivity contribution in [3.05, 3.63) is 0 Å². The molecule has 1 nitrogen and oxygen atoms in total. The van der Waals surface area contributed by atoms with Crippen molar-refractivity contribution >= 4 is 0 Å². The third kappa shape index (κ3) is 1.77. The fourth-order valence-electron chi connectivity index (χ4n) is 5.34. The Morgan fingerprint density at radius 1 is 1.00 bits per heavy atom. The predicted octanol–water partition coefficient (Wildman–Crippen LogP) is 3.86. The average Bonchev–Trinajstić information content (AvgIpc) is 2.79. The predicted molar refractivity (Wildman–Crippen MR) is 70.6 cm³/mol. The van der Waals surface area contributed by atoms with Crippen LogP contribution in [-0.4, -0.2) is 11.2 Å². The first-order valence-electron chi connectivity index (χ1n) is 7.68. The summed E-state index contributed by atoms with van der Waals surface area (Å²) < 4.78 is 0. The number of aliphatic hydroxyl groups excluding tert-OH is 1. The molecule has 0 unspecified atom stereocenters. The molecule has 3 aliphatic carbocycles. The van der Waals surface area contributed by atoms with Gasteiger partial charge in [0.25, 0.3) is 0 Å². The first-order valence-corrected chi connectivity index (χ1v) is 7.68. The van der Waals surface area contributed by atoms with E-state index in [1.807, 2.05) is 0 Å². The van der Waals surface area contributed by atoms with Gasteiger partial charge in [0.15, 0.2) is 0 Å². The summed E-state index contributed by atoms with van der Waals surface area (Å²) in [7, 11) is 0. The van der Waals surface area contributed by atoms with Gasteiger partial charge < -0.3 is 5.11 Å². The first kappa shape index (κ1) is 12.0. The molecule has 0 saturated heterocycles. The van der Waals surface area contributed by atoms with Crippen LogP contribution in [0.3, 0.4) is 0 Å². The van der Waals surface area contributed by atoms with Gasteiger partial charge in [-0.15, -0.1) is 0 Å². The van der Waals surface area contributed by atoms with Crippen molar-refractivity contribution in [3.8, 4) is 0 Å². The molecule has 0 aliphatic heterocycles. The molecule has 3 aliphatic rings. The van der Waals surface area contributed by atoms with Gasteiger partial charge in [-0.05, 0) is 67.1 Å². The van der Waals surface area contributed by atoms with Gasteiger partial charge in [0.1, 0.15) is 0 Å². The lowest BCUT2D eigenvalue weighted by Gasteiger charge is -2.44. The van der Waals surface area contributed by atoms with Crippen LogP contribution < -0.4 is 0 Å². The summed E-state index contributed by atoms with van der Waals surface area (Å²) >= 11 is 0. The second-order valence-corrected chi connectivity index (χ2v) is 7.69. The summed E-state index contributed by atoms with van der Waals surface area (Å²) in [5.41, 5.74) is 0.578. The molecule has 0 aromatic heterocycles. The smallest absolute Gasteiger partial charge is 0.0543 e. The summed E-state index contributed by atoms with van der Waals surface area (Å²) in [5, 5.41) is 9.88. The fraction of sp³-hybridized carbons (Fsp3) is 1.00. The first-order chi connectivity index (χ1) is 8.00. The average molecular weight is 236 g/mol. The molecular weight excluding hydrogens is 208 g/mol. The Bertz CT molecular complexity index is 292. The lowest BCUT2D eigenvalue weighted by Crippen LogP contribution is -2.37. The van der Waals surface area contributed by atoms with Crippen LogP contribution in [-0.2, 0) is 0 Å². The monoisotopic (exact) mass is 236 g/mol. The number of hydrogen-bond donors (Lipinski definition) is 1. The van der Waals surface area contributed by atoms with Crippen LogP contribution in [0.25, 0.3) is 0 Å². The van der Waals surface area contributed by atoms with Gasteiger partial charge in [0.05, 0.1) is 6.10 Å². The van der Waals surface area contributed by atoms with E-state index in [9.17, 15) is 5.11 Å². The van der Waals surface area contributed by atoms with Crippen LogP contribution in [0.1, 0.15) is 59.3 Å². The van der Waals surface area contributed by atoms with E-state index < -0.39 is 0 Å². The van der Waals surface area contributed by atoms with Crippen molar-refractivity contribution < 1.29 is 5.11 Å². The highest BCUT2D eigenvalue weighted by atomic mass is 16.3. The van der Waals surface area contributed by atoms with Crippen molar-refractivity contribution in [2.24, 2.45) is 35.0 Å². The van der Waals surface area contributed by atoms with Gasteiger partial charge >= 0.3 is 0 Å². The number of rotatable bonds is 1. The Morgan fingerprint density at radius 2 is 1.71 bits per heavy atom. The van der Waals surface area contributed by atoms with E-state index in [0.717, 1.165) is 42.4 Å². The normalized spacial score (nSPS) is 52.9. The highest BCUT2D eigenvalue weighted by Crippen LogP contribution is 2.63. The van der Waals surface area contributed by atoms with E-state index in [2.05, 4.69) is 20.8 Å². The lowest BCUT2D eigenvalue weighted by molar-refractivity contribution is 0.0247. The molecule has 6 atom stereocenters. The summed E-state index contributed by atoms with van der Waals surface area (Å²) in [5.74, 6) is 4.60. The largest absolute Gasteiger partial charge is 0.393 e. The number of aliphatic hydroxyl groups is 1. The number of hydrogen-bond acceptors (Lipinski definition) is 1. The van der Waals surface area contributed by atoms with Crippen molar-refractivity contribution in [2.75, 3.05) is 0 Å². The maximum Gasteiger partial charge on any atom is 0.0543 e. The van der Waals surface area contributed by atoms with Crippen molar-refractivity contribution in [3.63, 3.8) is 0 Å². The standard InChI is InChI=1S/C16H28O/c1-10-14-8-12(16(10,2)3)9-15(14)11-5-4-6-13(17)7-11/h10-15,17H,4-9H2,1-3H3/t10-,11-,12+,13-,14+,15-/m0/s1. The molecule has 0 aromatic carbocycles. The Hall–Kier alpha value is -0.0400. The molecule has 98 valence electrons. The third-order valence-electron chi connectivity index (χ3n) is 6.82. The SMILES string of the molecule is C[C@H]1[C@H]2C[C@H](C[C@H]2[C@H]2CCC[C@H](O)C2)C1(C)C. The maximum absolute atomic E-state index is 9.88. The molecule has 0 spiro atoms. The van der Waals surface area contributed by atoms with E-state index in [0.29, 0.717) is 5.41 Å². The second kappa shape index (κ2) is 3.98. The minimum atomic E-state index is 0.0104. The highest BCUT2D eigenvalue weighted by molar-refractivity contribution is 5.05. The quantitative estimate of drug-likeness (QED) is 0.733. The summed E-state index contributed by atoms with van der Waals surface area (Å²) in [6.45, 7) is 7.44. The Kier molecular flexibility index (Phi) is 2.81. The fourth-order valence-corrected chi connectivity index (χ4v) is 5.34. The summed E-state index contributed by atoms with van der Waals surface area (Å²) in [4.78, 5) is 0. The van der Waals surface area contributed by atoms with Crippen molar-refractivity contribution in [2.45, 2.75) is 65.4 Å². The summed E-state index contributed by atoms with van der Waals surface area (Å²) in [6, 6.07) is 0. The van der Waals surface area contributed by atoms with Crippen LogP contribution in [0.4, 0.5) is 0 Å². The zero-order valence-electron chi connectivity index (χ0n) is 11.7. The molecule has 1 heteroatoms. The molecule has 3 fully saturated rings. The molecule has 3 saturated carbocycles. The van der Waals surface area contributed by atoms with Gasteiger partial charge in [-0.1, -0.05) is 27.2 Å². The van der Waals surface area contributed by atoms with E-state index in [1.54, 1.807) is 0 Å². The van der Waals surface area contributed by atoms with Crippen LogP contribution in [0.5, 0.6) is 0 Å². The van der Waals surface area contributed by atoms with Gasteiger partial charge in [-0.25, -0.2) is 0 Å². The molecule has 3 rings (SSSR count).